The Bertz CT molecular complexity index is 1220. The molecule has 0 saturated heterocycles. The molecule has 1 fully saturated rings. The number of hydrogen-bond donors (Lipinski definition) is 1. The molecule has 4 atom stereocenters. The van der Waals surface area contributed by atoms with Crippen LogP contribution in [-0.2, 0) is 27.2 Å². The number of carbonyl (C=O) groups is 1. The van der Waals surface area contributed by atoms with Crippen molar-refractivity contribution < 1.29 is 19.0 Å². The van der Waals surface area contributed by atoms with Gasteiger partial charge in [-0.1, -0.05) is 88.2 Å². The second-order valence-corrected chi connectivity index (χ2v) is 11.8. The molecule has 1 aliphatic rings. The summed E-state index contributed by atoms with van der Waals surface area (Å²) in [5.41, 5.74) is 8.69. The minimum atomic E-state index is -0.691. The normalized spacial score (nSPS) is 18.8. The predicted molar refractivity (Wildman–Crippen MR) is 166 cm³/mol. The third kappa shape index (κ3) is 9.03. The molecule has 6 heteroatoms. The van der Waals surface area contributed by atoms with Crippen molar-refractivity contribution in [3.63, 3.8) is 0 Å². The number of ether oxygens (including phenoxy) is 3. The number of carbonyl (C=O) groups excluding carboxylic acids is 1. The quantitative estimate of drug-likeness (QED) is 0.221. The molecule has 0 aliphatic heterocycles. The Morgan fingerprint density at radius 3 is 2.46 bits per heavy atom. The Kier molecular flexibility index (Phi) is 11.6. The van der Waals surface area contributed by atoms with Crippen molar-refractivity contribution in [2.24, 2.45) is 17.6 Å². The van der Waals surface area contributed by atoms with Gasteiger partial charge in [0.25, 0.3) is 0 Å². The SMILES string of the molecule is CCOC(CN(Cc1cccc2ccccc12)C(=O)[C@@H](N)Cc1ccc(OCC(C)C)cc1)OC1CCCCC1C. The fourth-order valence-electron chi connectivity index (χ4n) is 5.61. The standard InChI is InChI=1S/C35H48N2O4/c1-5-39-34(41-33-16-9-6-11-26(33)4)23-37(22-29-14-10-13-28-12-7-8-15-31(28)29)35(38)32(36)21-27-17-19-30(20-18-27)40-24-25(2)3/h7-8,10,12-15,17-20,25-26,32-34H,5-6,9,11,16,21-24,36H2,1-4H3/t26?,32-,33?,34?/m0/s1. The number of fused-ring (bicyclic) bond motifs is 1. The summed E-state index contributed by atoms with van der Waals surface area (Å²) in [6.45, 7) is 10.4. The maximum atomic E-state index is 14.0. The fraction of sp³-hybridized carbons (Fsp3) is 0.514. The highest BCUT2D eigenvalue weighted by molar-refractivity contribution is 5.87. The first kappa shape index (κ1) is 31.0. The third-order valence-electron chi connectivity index (χ3n) is 7.91. The van der Waals surface area contributed by atoms with Gasteiger partial charge in [-0.15, -0.1) is 0 Å². The van der Waals surface area contributed by atoms with Crippen molar-refractivity contribution in [3.05, 3.63) is 77.9 Å². The van der Waals surface area contributed by atoms with Gasteiger partial charge in [-0.3, -0.25) is 4.79 Å². The topological polar surface area (TPSA) is 74.0 Å². The van der Waals surface area contributed by atoms with E-state index in [2.05, 4.69) is 45.0 Å². The van der Waals surface area contributed by atoms with Gasteiger partial charge in [0.15, 0.2) is 6.29 Å². The Labute approximate surface area is 246 Å². The molecule has 3 aromatic rings. The summed E-state index contributed by atoms with van der Waals surface area (Å²) >= 11 is 0. The van der Waals surface area contributed by atoms with E-state index in [1.807, 2.05) is 54.3 Å². The summed E-state index contributed by atoms with van der Waals surface area (Å²) in [6.07, 6.45) is 4.67. The zero-order chi connectivity index (χ0) is 29.2. The van der Waals surface area contributed by atoms with E-state index < -0.39 is 12.3 Å². The van der Waals surface area contributed by atoms with E-state index in [9.17, 15) is 4.79 Å². The molecule has 0 spiro atoms. The van der Waals surface area contributed by atoms with Crippen LogP contribution >= 0.6 is 0 Å². The molecule has 0 heterocycles. The van der Waals surface area contributed by atoms with Crippen LogP contribution in [0.5, 0.6) is 5.75 Å². The van der Waals surface area contributed by atoms with Crippen LogP contribution in [0.1, 0.15) is 64.5 Å². The van der Waals surface area contributed by atoms with Crippen molar-refractivity contribution in [3.8, 4) is 5.75 Å². The number of nitrogens with two attached hydrogens (primary N) is 1. The van der Waals surface area contributed by atoms with Crippen molar-refractivity contribution in [2.45, 2.75) is 84.8 Å². The number of benzene rings is 3. The average molecular weight is 561 g/mol. The van der Waals surface area contributed by atoms with E-state index in [1.165, 1.54) is 12.8 Å². The molecule has 0 aromatic heterocycles. The van der Waals surface area contributed by atoms with E-state index in [4.69, 9.17) is 19.9 Å². The van der Waals surface area contributed by atoms with Gasteiger partial charge in [0.2, 0.25) is 5.91 Å². The molecular weight excluding hydrogens is 512 g/mol. The van der Waals surface area contributed by atoms with Gasteiger partial charge in [-0.25, -0.2) is 0 Å². The van der Waals surface area contributed by atoms with Gasteiger partial charge in [-0.05, 0) is 72.1 Å². The maximum Gasteiger partial charge on any atom is 0.240 e. The lowest BCUT2D eigenvalue weighted by Gasteiger charge is -2.35. The highest BCUT2D eigenvalue weighted by atomic mass is 16.7. The highest BCUT2D eigenvalue weighted by Crippen LogP contribution is 2.28. The first-order valence-electron chi connectivity index (χ1n) is 15.3. The molecule has 3 aromatic carbocycles. The van der Waals surface area contributed by atoms with E-state index in [0.717, 1.165) is 40.5 Å². The van der Waals surface area contributed by atoms with Crippen LogP contribution < -0.4 is 10.5 Å². The van der Waals surface area contributed by atoms with Gasteiger partial charge in [0, 0.05) is 13.2 Å². The van der Waals surface area contributed by atoms with Crippen LogP contribution in [-0.4, -0.2) is 49.0 Å². The summed E-state index contributed by atoms with van der Waals surface area (Å²) < 4.78 is 18.4. The van der Waals surface area contributed by atoms with Crippen molar-refractivity contribution in [2.75, 3.05) is 19.8 Å². The molecule has 6 nitrogen and oxygen atoms in total. The number of rotatable bonds is 14. The summed E-state index contributed by atoms with van der Waals surface area (Å²) in [5.74, 6) is 1.65. The molecule has 3 unspecified atom stereocenters. The van der Waals surface area contributed by atoms with Crippen LogP contribution in [0.4, 0.5) is 0 Å². The minimum absolute atomic E-state index is 0.108. The summed E-state index contributed by atoms with van der Waals surface area (Å²) in [6, 6.07) is 21.7. The summed E-state index contributed by atoms with van der Waals surface area (Å²) in [5, 5.41) is 2.28. The van der Waals surface area contributed by atoms with Crippen LogP contribution in [0, 0.1) is 11.8 Å². The smallest absolute Gasteiger partial charge is 0.240 e. The monoisotopic (exact) mass is 560 g/mol. The van der Waals surface area contributed by atoms with Crippen molar-refractivity contribution in [1.29, 1.82) is 0 Å². The molecule has 4 rings (SSSR count). The van der Waals surface area contributed by atoms with E-state index in [-0.39, 0.29) is 12.0 Å². The molecule has 1 amide bonds. The van der Waals surface area contributed by atoms with Gasteiger partial charge in [-0.2, -0.15) is 0 Å². The van der Waals surface area contributed by atoms with Gasteiger partial charge in [0.05, 0.1) is 25.3 Å². The average Bonchev–Trinajstić information content (AvgIpc) is 2.97. The molecule has 0 radical (unpaired) electrons. The lowest BCUT2D eigenvalue weighted by atomic mass is 9.88. The van der Waals surface area contributed by atoms with E-state index in [0.29, 0.717) is 44.6 Å². The van der Waals surface area contributed by atoms with Crippen LogP contribution in [0.25, 0.3) is 10.8 Å². The molecule has 2 N–H and O–H groups in total. The minimum Gasteiger partial charge on any atom is -0.493 e. The largest absolute Gasteiger partial charge is 0.493 e. The molecule has 1 saturated carbocycles. The Morgan fingerprint density at radius 2 is 1.73 bits per heavy atom. The summed E-state index contributed by atoms with van der Waals surface area (Å²) in [4.78, 5) is 15.8. The molecule has 0 bridgehead atoms. The third-order valence-corrected chi connectivity index (χ3v) is 7.91. The van der Waals surface area contributed by atoms with Gasteiger partial charge >= 0.3 is 0 Å². The lowest BCUT2D eigenvalue weighted by molar-refractivity contribution is -0.195. The lowest BCUT2D eigenvalue weighted by Crippen LogP contribution is -2.49. The van der Waals surface area contributed by atoms with E-state index in [1.54, 1.807) is 0 Å². The zero-order valence-corrected chi connectivity index (χ0v) is 25.3. The van der Waals surface area contributed by atoms with Gasteiger partial charge in [0.1, 0.15) is 5.75 Å². The molecule has 1 aliphatic carbocycles. The zero-order valence-electron chi connectivity index (χ0n) is 25.3. The molecule has 222 valence electrons. The first-order valence-corrected chi connectivity index (χ1v) is 15.3. The number of hydrogen-bond acceptors (Lipinski definition) is 5. The second kappa shape index (κ2) is 15.3. The molecule has 41 heavy (non-hydrogen) atoms. The van der Waals surface area contributed by atoms with Crippen LogP contribution in [0.15, 0.2) is 66.7 Å². The number of nitrogens with zero attached hydrogens (tertiary/aromatic N) is 1. The van der Waals surface area contributed by atoms with Crippen LogP contribution in [0.3, 0.4) is 0 Å². The van der Waals surface area contributed by atoms with Crippen LogP contribution in [0.2, 0.25) is 0 Å². The Morgan fingerprint density at radius 1 is 1.00 bits per heavy atom. The first-order chi connectivity index (χ1) is 19.8. The van der Waals surface area contributed by atoms with E-state index >= 15 is 0 Å². The van der Waals surface area contributed by atoms with Gasteiger partial charge < -0.3 is 24.8 Å². The number of amides is 1. The second-order valence-electron chi connectivity index (χ2n) is 11.8. The summed E-state index contributed by atoms with van der Waals surface area (Å²) in [7, 11) is 0. The fourth-order valence-corrected chi connectivity index (χ4v) is 5.61. The predicted octanol–water partition coefficient (Wildman–Crippen LogP) is 6.73. The Balaban J connectivity index is 1.53. The van der Waals surface area contributed by atoms with Crippen molar-refractivity contribution in [1.82, 2.24) is 4.90 Å². The molecular formula is C35H48N2O4. The Hall–Kier alpha value is -2.93. The van der Waals surface area contributed by atoms with Crippen molar-refractivity contribution >= 4 is 16.7 Å². The highest BCUT2D eigenvalue weighted by Gasteiger charge is 2.30. The maximum absolute atomic E-state index is 14.0.